The first kappa shape index (κ1) is 20.5. The van der Waals surface area contributed by atoms with Gasteiger partial charge in [-0.2, -0.15) is 0 Å². The van der Waals surface area contributed by atoms with Crippen LogP contribution in [0.3, 0.4) is 0 Å². The largest absolute Gasteiger partial charge is 0.435 e. The van der Waals surface area contributed by atoms with Crippen molar-refractivity contribution in [3.8, 4) is 11.6 Å². The molecule has 1 aromatic heterocycles. The minimum absolute atomic E-state index is 0.0744. The van der Waals surface area contributed by atoms with Gasteiger partial charge in [-0.15, -0.1) is 0 Å². The number of pyridine rings is 1. The van der Waals surface area contributed by atoms with Crippen LogP contribution in [0, 0.1) is 0 Å². The predicted octanol–water partition coefficient (Wildman–Crippen LogP) is 5.44. The molecule has 1 heterocycles. The fourth-order valence-corrected chi connectivity index (χ4v) is 3.72. The van der Waals surface area contributed by atoms with Crippen LogP contribution < -0.4 is 15.4 Å². The van der Waals surface area contributed by atoms with E-state index in [-0.39, 0.29) is 23.7 Å². The Morgan fingerprint density at radius 2 is 1.80 bits per heavy atom. The summed E-state index contributed by atoms with van der Waals surface area (Å²) in [6.45, 7) is 0.771. The first-order valence-corrected chi connectivity index (χ1v) is 10.5. The lowest BCUT2D eigenvalue weighted by Crippen LogP contribution is -2.36. The van der Waals surface area contributed by atoms with Crippen molar-refractivity contribution in [2.75, 3.05) is 18.4 Å². The van der Waals surface area contributed by atoms with Crippen LogP contribution in [-0.2, 0) is 10.2 Å². The van der Waals surface area contributed by atoms with Gasteiger partial charge in [0.05, 0.1) is 17.3 Å². The average molecular weight is 442 g/mol. The number of benzene rings is 2. The number of halogens is 2. The Labute approximate surface area is 185 Å². The summed E-state index contributed by atoms with van der Waals surface area (Å²) >= 11 is 12.0. The second-order valence-corrected chi connectivity index (χ2v) is 8.16. The Hall–Kier alpha value is -2.76. The van der Waals surface area contributed by atoms with E-state index in [0.29, 0.717) is 28.0 Å². The quantitative estimate of drug-likeness (QED) is 0.488. The van der Waals surface area contributed by atoms with E-state index >= 15 is 0 Å². The van der Waals surface area contributed by atoms with E-state index in [2.05, 4.69) is 27.8 Å². The zero-order valence-electron chi connectivity index (χ0n) is 16.2. The highest BCUT2D eigenvalue weighted by atomic mass is 35.5. The summed E-state index contributed by atoms with van der Waals surface area (Å²) in [5.74, 6) is 0.693. The summed E-state index contributed by atoms with van der Waals surface area (Å²) in [5, 5.41) is 6.92. The molecule has 0 unspecified atom stereocenters. The Balaban J connectivity index is 1.34. The summed E-state index contributed by atoms with van der Waals surface area (Å²) in [4.78, 5) is 16.5. The third-order valence-corrected chi connectivity index (χ3v) is 5.65. The van der Waals surface area contributed by atoms with Crippen molar-refractivity contribution in [2.24, 2.45) is 0 Å². The molecule has 1 amide bonds. The zero-order valence-corrected chi connectivity index (χ0v) is 17.7. The number of nitrogens with zero attached hydrogens (tertiary/aromatic N) is 1. The normalized spacial score (nSPS) is 14.1. The van der Waals surface area contributed by atoms with Gasteiger partial charge in [-0.3, -0.25) is 4.79 Å². The zero-order chi connectivity index (χ0) is 21.0. The van der Waals surface area contributed by atoms with E-state index in [4.69, 9.17) is 27.9 Å². The van der Waals surface area contributed by atoms with E-state index < -0.39 is 0 Å². The van der Waals surface area contributed by atoms with E-state index in [9.17, 15) is 4.79 Å². The van der Waals surface area contributed by atoms with Gasteiger partial charge in [0.25, 0.3) is 0 Å². The molecule has 2 N–H and O–H groups in total. The number of aromatic nitrogens is 1. The SMILES string of the molecule is O=C(CNc1ccccc1Oc1ncc(Cl)cc1Cl)NCC1(c2ccccc2)CC1. The summed E-state index contributed by atoms with van der Waals surface area (Å²) < 4.78 is 5.81. The molecule has 30 heavy (non-hydrogen) atoms. The standard InChI is InChI=1S/C23H21Cl2N3O2/c24-17-12-18(25)22(27-13-17)30-20-9-5-4-8-19(20)26-14-21(29)28-15-23(10-11-23)16-6-2-1-3-7-16/h1-9,12-13,26H,10-11,14-15H2,(H,28,29). The van der Waals surface area contributed by atoms with Crippen LogP contribution in [0.1, 0.15) is 18.4 Å². The van der Waals surface area contributed by atoms with Crippen molar-refractivity contribution >= 4 is 34.8 Å². The monoisotopic (exact) mass is 441 g/mol. The molecule has 154 valence electrons. The molecule has 1 fully saturated rings. The number of para-hydroxylation sites is 2. The van der Waals surface area contributed by atoms with Crippen LogP contribution in [0.5, 0.6) is 11.6 Å². The number of rotatable bonds is 8. The number of anilines is 1. The lowest BCUT2D eigenvalue weighted by atomic mass is 9.96. The van der Waals surface area contributed by atoms with Crippen LogP contribution >= 0.6 is 23.2 Å². The van der Waals surface area contributed by atoms with E-state index in [1.54, 1.807) is 12.1 Å². The van der Waals surface area contributed by atoms with Crippen LogP contribution in [0.25, 0.3) is 0 Å². The number of nitrogens with one attached hydrogen (secondary N) is 2. The second-order valence-electron chi connectivity index (χ2n) is 7.32. The lowest BCUT2D eigenvalue weighted by molar-refractivity contribution is -0.119. The smallest absolute Gasteiger partial charge is 0.239 e. The molecule has 5 nitrogen and oxygen atoms in total. The molecule has 0 bridgehead atoms. The van der Waals surface area contributed by atoms with Gasteiger partial charge in [-0.1, -0.05) is 65.7 Å². The third-order valence-electron chi connectivity index (χ3n) is 5.17. The highest BCUT2D eigenvalue weighted by molar-refractivity contribution is 6.35. The predicted molar refractivity (Wildman–Crippen MR) is 120 cm³/mol. The highest BCUT2D eigenvalue weighted by Gasteiger charge is 2.44. The molecule has 0 spiro atoms. The minimum atomic E-state index is -0.0744. The molecule has 1 aliphatic carbocycles. The fourth-order valence-electron chi connectivity index (χ4n) is 3.30. The van der Waals surface area contributed by atoms with Crippen molar-refractivity contribution in [3.63, 3.8) is 0 Å². The van der Waals surface area contributed by atoms with Gasteiger partial charge >= 0.3 is 0 Å². The number of hydrogen-bond donors (Lipinski definition) is 2. The van der Waals surface area contributed by atoms with Gasteiger partial charge in [0.15, 0.2) is 5.75 Å². The van der Waals surface area contributed by atoms with Gasteiger partial charge in [0.1, 0.15) is 5.02 Å². The number of carbonyl (C=O) groups is 1. The van der Waals surface area contributed by atoms with E-state index in [0.717, 1.165) is 12.8 Å². The summed E-state index contributed by atoms with van der Waals surface area (Å²) in [5.41, 5.74) is 2.03. The molecule has 0 saturated heterocycles. The van der Waals surface area contributed by atoms with Crippen molar-refractivity contribution in [1.29, 1.82) is 0 Å². The molecule has 7 heteroatoms. The molecule has 0 radical (unpaired) electrons. The van der Waals surface area contributed by atoms with Crippen LogP contribution in [0.4, 0.5) is 5.69 Å². The van der Waals surface area contributed by atoms with Crippen LogP contribution in [-0.4, -0.2) is 24.0 Å². The first-order valence-electron chi connectivity index (χ1n) is 9.70. The number of ether oxygens (including phenoxy) is 1. The maximum atomic E-state index is 12.4. The molecule has 0 atom stereocenters. The summed E-state index contributed by atoms with van der Waals surface area (Å²) in [6, 6.07) is 19.2. The number of carbonyl (C=O) groups excluding carboxylic acids is 1. The Morgan fingerprint density at radius 1 is 1.07 bits per heavy atom. The van der Waals surface area contributed by atoms with E-state index in [1.165, 1.54) is 11.8 Å². The van der Waals surface area contributed by atoms with Gasteiger partial charge in [-0.05, 0) is 36.6 Å². The topological polar surface area (TPSA) is 63.2 Å². The van der Waals surface area contributed by atoms with Gasteiger partial charge in [-0.25, -0.2) is 4.98 Å². The molecular weight excluding hydrogens is 421 g/mol. The molecule has 2 aromatic carbocycles. The molecule has 3 aromatic rings. The Bertz CT molecular complexity index is 1040. The van der Waals surface area contributed by atoms with Crippen LogP contribution in [0.15, 0.2) is 66.9 Å². The van der Waals surface area contributed by atoms with Gasteiger partial charge in [0, 0.05) is 18.2 Å². The molecular formula is C23H21Cl2N3O2. The summed E-state index contributed by atoms with van der Waals surface area (Å²) in [7, 11) is 0. The maximum Gasteiger partial charge on any atom is 0.239 e. The number of amides is 1. The van der Waals surface area contributed by atoms with E-state index in [1.807, 2.05) is 36.4 Å². The van der Waals surface area contributed by atoms with Crippen molar-refractivity contribution in [1.82, 2.24) is 10.3 Å². The van der Waals surface area contributed by atoms with Gasteiger partial charge in [0.2, 0.25) is 11.8 Å². The molecule has 1 saturated carbocycles. The lowest BCUT2D eigenvalue weighted by Gasteiger charge is -2.17. The van der Waals surface area contributed by atoms with Crippen molar-refractivity contribution in [2.45, 2.75) is 18.3 Å². The maximum absolute atomic E-state index is 12.4. The summed E-state index contributed by atoms with van der Waals surface area (Å²) in [6.07, 6.45) is 3.65. The Kier molecular flexibility index (Phi) is 6.11. The van der Waals surface area contributed by atoms with Crippen molar-refractivity contribution in [3.05, 3.63) is 82.5 Å². The minimum Gasteiger partial charge on any atom is -0.435 e. The molecule has 0 aliphatic heterocycles. The van der Waals surface area contributed by atoms with Gasteiger partial charge < -0.3 is 15.4 Å². The molecule has 4 rings (SSSR count). The molecule has 1 aliphatic rings. The second kappa shape index (κ2) is 8.94. The van der Waals surface area contributed by atoms with Crippen LogP contribution in [0.2, 0.25) is 10.0 Å². The third kappa shape index (κ3) is 4.86. The number of hydrogen-bond acceptors (Lipinski definition) is 4. The fraction of sp³-hybridized carbons (Fsp3) is 0.217. The first-order chi connectivity index (χ1) is 14.6. The average Bonchev–Trinajstić information content (AvgIpc) is 3.55. The van der Waals surface area contributed by atoms with Crippen molar-refractivity contribution < 1.29 is 9.53 Å². The Morgan fingerprint density at radius 3 is 2.53 bits per heavy atom. The highest BCUT2D eigenvalue weighted by Crippen LogP contribution is 2.47.